The van der Waals surface area contributed by atoms with Crippen LogP contribution >= 0.6 is 0 Å². The first kappa shape index (κ1) is 6.84. The van der Waals surface area contributed by atoms with E-state index in [1.807, 2.05) is 0 Å². The van der Waals surface area contributed by atoms with Crippen molar-refractivity contribution >= 4 is 7.85 Å². The molecule has 3 heteroatoms. The van der Waals surface area contributed by atoms with E-state index in [0.29, 0.717) is 0 Å². The summed E-state index contributed by atoms with van der Waals surface area (Å²) in [6.45, 7) is 0.0130. The molecule has 0 heterocycles. The standard InChI is InChI=1S/C6H9BO2/c7-2-5-1-6(5,3-8)4-9/h2,8-9H,1,3-4H2/b5-2-. The third kappa shape index (κ3) is 0.905. The van der Waals surface area contributed by atoms with Crippen molar-refractivity contribution in [3.8, 4) is 0 Å². The van der Waals surface area contributed by atoms with Crippen LogP contribution in [0.4, 0.5) is 0 Å². The van der Waals surface area contributed by atoms with E-state index in [-0.39, 0.29) is 18.6 Å². The molecule has 0 amide bonds. The first-order valence-corrected chi connectivity index (χ1v) is 2.92. The zero-order valence-corrected chi connectivity index (χ0v) is 5.17. The molecule has 1 fully saturated rings. The van der Waals surface area contributed by atoms with E-state index in [9.17, 15) is 0 Å². The summed E-state index contributed by atoms with van der Waals surface area (Å²) in [5, 5.41) is 17.4. The van der Waals surface area contributed by atoms with Gasteiger partial charge in [-0.1, -0.05) is 5.57 Å². The number of rotatable bonds is 2. The molecular formula is C6H9BO2. The maximum absolute atomic E-state index is 8.70. The van der Waals surface area contributed by atoms with Gasteiger partial charge in [0.15, 0.2) is 0 Å². The lowest BCUT2D eigenvalue weighted by Gasteiger charge is -2.03. The van der Waals surface area contributed by atoms with Crippen LogP contribution in [-0.4, -0.2) is 31.3 Å². The average molecular weight is 124 g/mol. The van der Waals surface area contributed by atoms with Crippen molar-refractivity contribution < 1.29 is 10.2 Å². The van der Waals surface area contributed by atoms with Crippen LogP contribution in [0.25, 0.3) is 0 Å². The average Bonchev–Trinajstić information content (AvgIpc) is 2.63. The largest absolute Gasteiger partial charge is 0.395 e. The summed E-state index contributed by atoms with van der Waals surface area (Å²) < 4.78 is 0. The normalized spacial score (nSPS) is 26.7. The lowest BCUT2D eigenvalue weighted by Crippen LogP contribution is -2.11. The third-order valence-electron chi connectivity index (χ3n) is 1.89. The lowest BCUT2D eigenvalue weighted by atomic mass is 10.0. The molecule has 0 aliphatic heterocycles. The van der Waals surface area contributed by atoms with Crippen LogP contribution in [0, 0.1) is 5.41 Å². The second-order valence-corrected chi connectivity index (χ2v) is 2.47. The lowest BCUT2D eigenvalue weighted by molar-refractivity contribution is 0.143. The third-order valence-corrected chi connectivity index (χ3v) is 1.89. The highest BCUT2D eigenvalue weighted by molar-refractivity contribution is 6.17. The van der Waals surface area contributed by atoms with Crippen LogP contribution < -0.4 is 0 Å². The van der Waals surface area contributed by atoms with Gasteiger partial charge in [-0.05, 0) is 6.42 Å². The van der Waals surface area contributed by atoms with Gasteiger partial charge in [0.1, 0.15) is 7.85 Å². The maximum atomic E-state index is 8.70. The van der Waals surface area contributed by atoms with Crippen LogP contribution in [0.5, 0.6) is 0 Å². The van der Waals surface area contributed by atoms with Gasteiger partial charge in [-0.2, -0.15) is 0 Å². The topological polar surface area (TPSA) is 40.5 Å². The Hall–Kier alpha value is -0.275. The predicted molar refractivity (Wildman–Crippen MR) is 35.1 cm³/mol. The maximum Gasteiger partial charge on any atom is 0.102 e. The summed E-state index contributed by atoms with van der Waals surface area (Å²) >= 11 is 0. The Morgan fingerprint density at radius 2 is 2.11 bits per heavy atom. The molecule has 0 saturated heterocycles. The van der Waals surface area contributed by atoms with E-state index in [1.54, 1.807) is 0 Å². The van der Waals surface area contributed by atoms with E-state index < -0.39 is 0 Å². The zero-order valence-electron chi connectivity index (χ0n) is 5.17. The van der Waals surface area contributed by atoms with E-state index >= 15 is 0 Å². The molecule has 0 aromatic carbocycles. The monoisotopic (exact) mass is 124 g/mol. The second kappa shape index (κ2) is 2.16. The van der Waals surface area contributed by atoms with E-state index in [1.165, 1.54) is 5.98 Å². The summed E-state index contributed by atoms with van der Waals surface area (Å²) in [5.74, 6) is 1.46. The molecular weight excluding hydrogens is 115 g/mol. The Morgan fingerprint density at radius 1 is 1.56 bits per heavy atom. The van der Waals surface area contributed by atoms with Gasteiger partial charge in [0.25, 0.3) is 0 Å². The Kier molecular flexibility index (Phi) is 1.64. The summed E-state index contributed by atoms with van der Waals surface area (Å²) in [7, 11) is 5.18. The highest BCUT2D eigenvalue weighted by Crippen LogP contribution is 2.50. The van der Waals surface area contributed by atoms with Crippen LogP contribution in [0.1, 0.15) is 6.42 Å². The van der Waals surface area contributed by atoms with Crippen molar-refractivity contribution in [3.05, 3.63) is 11.5 Å². The molecule has 1 aliphatic rings. The summed E-state index contributed by atoms with van der Waals surface area (Å²) in [5.41, 5.74) is 0.613. The molecule has 0 aromatic rings. The number of hydrogen-bond donors (Lipinski definition) is 2. The SMILES string of the molecule is [B]/C=C1/CC1(CO)CO. The fourth-order valence-electron chi connectivity index (χ4n) is 0.921. The highest BCUT2D eigenvalue weighted by atomic mass is 16.3. The first-order valence-electron chi connectivity index (χ1n) is 2.92. The van der Waals surface area contributed by atoms with Crippen LogP contribution in [0.2, 0.25) is 0 Å². The van der Waals surface area contributed by atoms with E-state index in [0.717, 1.165) is 12.0 Å². The molecule has 0 unspecified atom stereocenters. The molecule has 0 aromatic heterocycles. The smallest absolute Gasteiger partial charge is 0.102 e. The molecule has 0 atom stereocenters. The van der Waals surface area contributed by atoms with Crippen molar-refractivity contribution in [2.24, 2.45) is 5.41 Å². The minimum absolute atomic E-state index is 0.00648. The van der Waals surface area contributed by atoms with Gasteiger partial charge < -0.3 is 10.2 Å². The van der Waals surface area contributed by atoms with Gasteiger partial charge in [-0.25, -0.2) is 0 Å². The first-order chi connectivity index (χ1) is 4.29. The Morgan fingerprint density at radius 3 is 2.22 bits per heavy atom. The van der Waals surface area contributed by atoms with Gasteiger partial charge in [0, 0.05) is 5.41 Å². The summed E-state index contributed by atoms with van der Waals surface area (Å²) in [6.07, 6.45) is 0.747. The predicted octanol–water partition coefficient (Wildman–Crippen LogP) is -0.587. The van der Waals surface area contributed by atoms with Gasteiger partial charge in [-0.3, -0.25) is 0 Å². The molecule has 2 N–H and O–H groups in total. The van der Waals surface area contributed by atoms with E-state index in [4.69, 9.17) is 18.1 Å². The number of aliphatic hydroxyl groups is 2. The molecule has 48 valence electrons. The Labute approximate surface area is 55.6 Å². The van der Waals surface area contributed by atoms with Crippen molar-refractivity contribution in [2.45, 2.75) is 6.42 Å². The number of hydrogen-bond acceptors (Lipinski definition) is 2. The van der Waals surface area contributed by atoms with Crippen molar-refractivity contribution in [1.29, 1.82) is 0 Å². The minimum atomic E-state index is -0.352. The van der Waals surface area contributed by atoms with Crippen molar-refractivity contribution in [2.75, 3.05) is 13.2 Å². The molecule has 2 radical (unpaired) electrons. The summed E-state index contributed by atoms with van der Waals surface area (Å²) in [4.78, 5) is 0. The molecule has 0 bridgehead atoms. The second-order valence-electron chi connectivity index (χ2n) is 2.47. The van der Waals surface area contributed by atoms with Crippen molar-refractivity contribution in [3.63, 3.8) is 0 Å². The molecule has 1 rings (SSSR count). The van der Waals surface area contributed by atoms with Crippen LogP contribution in [0.3, 0.4) is 0 Å². The van der Waals surface area contributed by atoms with Crippen LogP contribution in [-0.2, 0) is 0 Å². The number of aliphatic hydroxyl groups excluding tert-OH is 2. The van der Waals surface area contributed by atoms with Crippen molar-refractivity contribution in [1.82, 2.24) is 0 Å². The van der Waals surface area contributed by atoms with E-state index in [2.05, 4.69) is 0 Å². The Bertz CT molecular complexity index is 138. The molecule has 0 spiro atoms. The highest BCUT2D eigenvalue weighted by Gasteiger charge is 2.46. The molecule has 2 nitrogen and oxygen atoms in total. The molecule has 1 aliphatic carbocycles. The summed E-state index contributed by atoms with van der Waals surface area (Å²) in [6, 6.07) is 0. The van der Waals surface area contributed by atoms with Gasteiger partial charge in [-0.15, -0.1) is 5.98 Å². The molecule has 1 saturated carbocycles. The van der Waals surface area contributed by atoms with Crippen LogP contribution in [0.15, 0.2) is 11.5 Å². The van der Waals surface area contributed by atoms with Gasteiger partial charge in [0.05, 0.1) is 13.2 Å². The zero-order chi connectivity index (χ0) is 6.91. The quantitative estimate of drug-likeness (QED) is 0.483. The van der Waals surface area contributed by atoms with Gasteiger partial charge in [0.2, 0.25) is 0 Å². The molecule has 9 heavy (non-hydrogen) atoms. The van der Waals surface area contributed by atoms with Gasteiger partial charge >= 0.3 is 0 Å². The minimum Gasteiger partial charge on any atom is -0.395 e. The Balaban J connectivity index is 2.57. The fraction of sp³-hybridized carbons (Fsp3) is 0.667. The fourth-order valence-corrected chi connectivity index (χ4v) is 0.921.